The van der Waals surface area contributed by atoms with E-state index < -0.39 is 22.9 Å². The van der Waals surface area contributed by atoms with Gasteiger partial charge in [0.15, 0.2) is 0 Å². The molecule has 0 amide bonds. The Bertz CT molecular complexity index is 1230. The average Bonchev–Trinajstić information content (AvgIpc) is 2.89. The zero-order chi connectivity index (χ0) is 26.4. The topological polar surface area (TPSA) is 94.2 Å². The van der Waals surface area contributed by atoms with Crippen molar-refractivity contribution < 1.29 is 19.0 Å². The number of ether oxygens (including phenoxy) is 3. The fourth-order valence-electron chi connectivity index (χ4n) is 4.22. The first-order chi connectivity index (χ1) is 17.2. The van der Waals surface area contributed by atoms with Gasteiger partial charge in [-0.3, -0.25) is 9.59 Å². The van der Waals surface area contributed by atoms with Gasteiger partial charge in [0.05, 0.1) is 25.9 Å². The van der Waals surface area contributed by atoms with Crippen molar-refractivity contribution in [1.82, 2.24) is 0 Å². The van der Waals surface area contributed by atoms with Crippen LogP contribution >= 0.6 is 0 Å². The molecule has 3 rings (SSSR count). The Labute approximate surface area is 211 Å². The summed E-state index contributed by atoms with van der Waals surface area (Å²) >= 11 is 0. The van der Waals surface area contributed by atoms with Crippen molar-refractivity contribution in [1.29, 1.82) is 0 Å². The van der Waals surface area contributed by atoms with E-state index in [4.69, 9.17) is 14.2 Å². The van der Waals surface area contributed by atoms with Gasteiger partial charge in [-0.1, -0.05) is 30.3 Å². The van der Waals surface area contributed by atoms with Crippen molar-refractivity contribution in [2.24, 2.45) is 0 Å². The number of nitrogens with zero attached hydrogens (tertiary/aromatic N) is 1. The van der Waals surface area contributed by atoms with E-state index in [1.54, 1.807) is 28.1 Å². The summed E-state index contributed by atoms with van der Waals surface area (Å²) in [7, 11) is 3.22. The molecule has 8 heteroatoms. The molecule has 0 saturated carbocycles. The van der Waals surface area contributed by atoms with Crippen LogP contribution in [0.25, 0.3) is 11.1 Å². The SMILES string of the molecule is CCN(CC)c1c(NC(Cc2ccc(-c3c(OC)cccc3OC)cc2)C(=O)OC(C)C)c(=O)c1=O. The number of carbonyl (C=O) groups excluding carboxylic acids is 1. The lowest BCUT2D eigenvalue weighted by atomic mass is 9.98. The molecular weight excluding hydrogens is 460 g/mol. The Balaban J connectivity index is 1.91. The summed E-state index contributed by atoms with van der Waals surface area (Å²) in [6, 6.07) is 12.4. The molecule has 0 spiro atoms. The zero-order valence-electron chi connectivity index (χ0n) is 21.7. The second kappa shape index (κ2) is 11.7. The van der Waals surface area contributed by atoms with Crippen molar-refractivity contribution in [3.63, 3.8) is 0 Å². The summed E-state index contributed by atoms with van der Waals surface area (Å²) in [5.74, 6) is 0.886. The van der Waals surface area contributed by atoms with E-state index in [0.717, 1.165) is 16.7 Å². The minimum absolute atomic E-state index is 0.171. The molecule has 1 unspecified atom stereocenters. The quantitative estimate of drug-likeness (QED) is 0.300. The highest BCUT2D eigenvalue weighted by Crippen LogP contribution is 2.38. The van der Waals surface area contributed by atoms with Crippen LogP contribution in [0.15, 0.2) is 52.1 Å². The van der Waals surface area contributed by atoms with E-state index >= 15 is 0 Å². The summed E-state index contributed by atoms with van der Waals surface area (Å²) in [4.78, 5) is 39.4. The van der Waals surface area contributed by atoms with E-state index in [0.29, 0.717) is 30.3 Å². The van der Waals surface area contributed by atoms with Crippen molar-refractivity contribution in [2.45, 2.75) is 46.3 Å². The van der Waals surface area contributed by atoms with Gasteiger partial charge in [-0.05, 0) is 51.0 Å². The van der Waals surface area contributed by atoms with Crippen LogP contribution < -0.4 is 30.5 Å². The molecule has 1 N–H and O–H groups in total. The summed E-state index contributed by atoms with van der Waals surface area (Å²) < 4.78 is 16.5. The predicted octanol–water partition coefficient (Wildman–Crippen LogP) is 3.79. The standard InChI is InChI=1S/C28H34N2O6/c1-7-30(8-2)25-24(26(31)27(25)32)29-20(28(33)36-17(3)4)16-18-12-14-19(15-13-18)23-21(34-5)10-9-11-22(23)35-6/h9-15,17,20,29H,7-8,16H2,1-6H3. The Hall–Kier alpha value is -3.81. The number of rotatable bonds is 12. The molecule has 192 valence electrons. The fourth-order valence-corrected chi connectivity index (χ4v) is 4.22. The number of hydrogen-bond donors (Lipinski definition) is 1. The average molecular weight is 495 g/mol. The summed E-state index contributed by atoms with van der Waals surface area (Å²) in [6.07, 6.45) is -0.0529. The van der Waals surface area contributed by atoms with E-state index in [2.05, 4.69) is 5.32 Å². The van der Waals surface area contributed by atoms with E-state index in [1.807, 2.05) is 61.2 Å². The number of esters is 1. The molecule has 0 aliphatic rings. The molecule has 0 heterocycles. The molecule has 0 aliphatic carbocycles. The smallest absolute Gasteiger partial charge is 0.329 e. The van der Waals surface area contributed by atoms with Crippen LogP contribution in [-0.2, 0) is 16.0 Å². The number of hydrogen-bond acceptors (Lipinski definition) is 8. The van der Waals surface area contributed by atoms with Gasteiger partial charge in [0.2, 0.25) is 0 Å². The number of anilines is 2. The molecule has 8 nitrogen and oxygen atoms in total. The van der Waals surface area contributed by atoms with Gasteiger partial charge in [0.1, 0.15) is 28.9 Å². The van der Waals surface area contributed by atoms with Crippen LogP contribution in [0.5, 0.6) is 11.5 Å². The maximum Gasteiger partial charge on any atom is 0.329 e. The van der Waals surface area contributed by atoms with Gasteiger partial charge in [-0.2, -0.15) is 0 Å². The molecule has 0 aliphatic heterocycles. The van der Waals surface area contributed by atoms with Gasteiger partial charge in [-0.25, -0.2) is 4.79 Å². The monoisotopic (exact) mass is 494 g/mol. The van der Waals surface area contributed by atoms with E-state index in [-0.39, 0.29) is 18.2 Å². The van der Waals surface area contributed by atoms with Crippen molar-refractivity contribution in [3.05, 3.63) is 68.5 Å². The van der Waals surface area contributed by atoms with Crippen LogP contribution in [0.2, 0.25) is 0 Å². The highest BCUT2D eigenvalue weighted by atomic mass is 16.5. The zero-order valence-corrected chi connectivity index (χ0v) is 21.7. The lowest BCUT2D eigenvalue weighted by Gasteiger charge is -2.27. The minimum Gasteiger partial charge on any atom is -0.496 e. The van der Waals surface area contributed by atoms with E-state index in [9.17, 15) is 14.4 Å². The summed E-state index contributed by atoms with van der Waals surface area (Å²) in [5, 5.41) is 3.02. The Morgan fingerprint density at radius 1 is 0.917 bits per heavy atom. The fraction of sp³-hybridized carbons (Fsp3) is 0.393. The number of benzene rings is 2. The molecule has 0 fully saturated rings. The maximum atomic E-state index is 12.9. The minimum atomic E-state index is -0.836. The first kappa shape index (κ1) is 26.8. The lowest BCUT2D eigenvalue weighted by molar-refractivity contribution is -0.148. The molecule has 3 aromatic rings. The number of carbonyl (C=O) groups is 1. The van der Waals surface area contributed by atoms with Gasteiger partial charge in [0, 0.05) is 19.5 Å². The number of nitrogens with one attached hydrogen (secondary N) is 1. The van der Waals surface area contributed by atoms with Gasteiger partial charge in [0.25, 0.3) is 10.9 Å². The van der Waals surface area contributed by atoms with Crippen LogP contribution in [-0.4, -0.2) is 45.4 Å². The van der Waals surface area contributed by atoms with Crippen LogP contribution in [0.4, 0.5) is 11.4 Å². The van der Waals surface area contributed by atoms with E-state index in [1.165, 1.54) is 0 Å². The predicted molar refractivity (Wildman–Crippen MR) is 142 cm³/mol. The first-order valence-electron chi connectivity index (χ1n) is 12.1. The van der Waals surface area contributed by atoms with Crippen molar-refractivity contribution >= 4 is 17.3 Å². The third-order valence-corrected chi connectivity index (χ3v) is 6.03. The molecule has 36 heavy (non-hydrogen) atoms. The highest BCUT2D eigenvalue weighted by molar-refractivity contribution is 5.84. The Kier molecular flexibility index (Phi) is 8.74. The molecule has 0 saturated heterocycles. The van der Waals surface area contributed by atoms with Crippen LogP contribution in [0.1, 0.15) is 33.3 Å². The molecular formula is C28H34N2O6. The third kappa shape index (κ3) is 5.53. The van der Waals surface area contributed by atoms with Crippen molar-refractivity contribution in [2.75, 3.05) is 37.5 Å². The highest BCUT2D eigenvalue weighted by Gasteiger charge is 2.30. The molecule has 0 radical (unpaired) electrons. The third-order valence-electron chi connectivity index (χ3n) is 6.03. The van der Waals surface area contributed by atoms with Crippen LogP contribution in [0, 0.1) is 0 Å². The Morgan fingerprint density at radius 3 is 2.00 bits per heavy atom. The summed E-state index contributed by atoms with van der Waals surface area (Å²) in [6.45, 7) is 8.50. The molecule has 3 aromatic carbocycles. The molecule has 1 atom stereocenters. The largest absolute Gasteiger partial charge is 0.496 e. The normalized spacial score (nSPS) is 11.9. The van der Waals surface area contributed by atoms with Gasteiger partial charge in [-0.15, -0.1) is 0 Å². The van der Waals surface area contributed by atoms with Crippen LogP contribution in [0.3, 0.4) is 0 Å². The Morgan fingerprint density at radius 2 is 1.50 bits per heavy atom. The second-order valence-electron chi connectivity index (χ2n) is 8.68. The van der Waals surface area contributed by atoms with Gasteiger partial charge < -0.3 is 24.4 Å². The molecule has 0 aromatic heterocycles. The first-order valence-corrected chi connectivity index (χ1v) is 12.1. The lowest BCUT2D eigenvalue weighted by Crippen LogP contribution is -2.46. The van der Waals surface area contributed by atoms with Gasteiger partial charge >= 0.3 is 5.97 Å². The number of methoxy groups -OCH3 is 2. The maximum absolute atomic E-state index is 12.9. The second-order valence-corrected chi connectivity index (χ2v) is 8.68. The summed E-state index contributed by atoms with van der Waals surface area (Å²) in [5.41, 5.74) is 1.93. The van der Waals surface area contributed by atoms with Crippen molar-refractivity contribution in [3.8, 4) is 22.6 Å². The molecule has 0 bridgehead atoms.